The van der Waals surface area contributed by atoms with E-state index in [1.807, 2.05) is 6.07 Å². The molecule has 4 rings (SSSR count). The average molecular weight is 430 g/mol. The molecule has 1 aliphatic carbocycles. The molecule has 0 bridgehead atoms. The molecule has 1 atom stereocenters. The first-order chi connectivity index (χ1) is 14.6. The van der Waals surface area contributed by atoms with E-state index in [0.717, 1.165) is 6.07 Å². The molecule has 1 aliphatic heterocycles. The summed E-state index contributed by atoms with van der Waals surface area (Å²) in [7, 11) is 0. The van der Waals surface area contributed by atoms with Crippen LogP contribution in [0, 0.1) is 34.9 Å². The second-order valence-electron chi connectivity index (χ2n) is 7.25. The van der Waals surface area contributed by atoms with E-state index < -0.39 is 29.3 Å². The number of anilines is 2. The molecule has 1 aromatic heterocycles. The standard InChI is InChI=1S/C21H14F4N4O2/c22-16-9-15-17(8-13(16)7-12-4-6-28-18(27)14(12)10-26)29-19(30)31-20(15,21(23,24)25)5-3-11-1-2-11/h4,6,8-9,11H,1-2,7H2,(H2,27,28)(H,29,30)/t20-/m1/s1. The molecule has 10 heteroatoms. The van der Waals surface area contributed by atoms with Crippen molar-refractivity contribution in [3.63, 3.8) is 0 Å². The number of fused-ring (bicyclic) bond motifs is 1. The Morgan fingerprint density at radius 2 is 2.06 bits per heavy atom. The SMILES string of the molecule is N#Cc1c(Cc2cc3c(cc2F)[C@](C#CC2CC2)(C(F)(F)F)OC(=O)N3)ccnc1N. The van der Waals surface area contributed by atoms with Gasteiger partial charge in [-0.1, -0.05) is 5.92 Å². The summed E-state index contributed by atoms with van der Waals surface area (Å²) in [5.74, 6) is 3.30. The Kier molecular flexibility index (Phi) is 4.74. The molecule has 3 N–H and O–H groups in total. The quantitative estimate of drug-likeness (QED) is 0.554. The van der Waals surface area contributed by atoms with Crippen molar-refractivity contribution in [1.29, 1.82) is 5.26 Å². The Labute approximate surface area is 174 Å². The predicted molar refractivity (Wildman–Crippen MR) is 101 cm³/mol. The zero-order valence-corrected chi connectivity index (χ0v) is 15.8. The van der Waals surface area contributed by atoms with Crippen LogP contribution in [-0.4, -0.2) is 17.3 Å². The molecule has 2 heterocycles. The number of carbonyl (C=O) groups excluding carboxylic acids is 1. The van der Waals surface area contributed by atoms with Gasteiger partial charge in [0.2, 0.25) is 0 Å². The minimum atomic E-state index is -5.09. The number of nitrogens with one attached hydrogen (secondary N) is 1. The van der Waals surface area contributed by atoms with Gasteiger partial charge in [-0.05, 0) is 48.1 Å². The van der Waals surface area contributed by atoms with Gasteiger partial charge in [0, 0.05) is 24.1 Å². The van der Waals surface area contributed by atoms with E-state index in [1.54, 1.807) is 0 Å². The van der Waals surface area contributed by atoms with E-state index in [2.05, 4.69) is 26.9 Å². The van der Waals surface area contributed by atoms with Crippen LogP contribution in [0.25, 0.3) is 0 Å². The molecular weight excluding hydrogens is 416 g/mol. The molecule has 2 aliphatic rings. The van der Waals surface area contributed by atoms with E-state index in [1.165, 1.54) is 12.3 Å². The molecule has 0 unspecified atom stereocenters. The van der Waals surface area contributed by atoms with Crippen LogP contribution in [0.15, 0.2) is 24.4 Å². The number of hydrogen-bond donors (Lipinski definition) is 2. The highest BCUT2D eigenvalue weighted by molar-refractivity contribution is 5.90. The number of rotatable bonds is 2. The van der Waals surface area contributed by atoms with E-state index >= 15 is 0 Å². The zero-order valence-electron chi connectivity index (χ0n) is 15.8. The number of halogens is 4. The van der Waals surface area contributed by atoms with Crippen LogP contribution >= 0.6 is 0 Å². The molecule has 1 amide bonds. The number of nitrogens with two attached hydrogens (primary N) is 1. The summed E-state index contributed by atoms with van der Waals surface area (Å²) in [5.41, 5.74) is 1.81. The summed E-state index contributed by atoms with van der Waals surface area (Å²) < 4.78 is 61.7. The fourth-order valence-corrected chi connectivity index (χ4v) is 3.28. The Morgan fingerprint density at radius 1 is 1.32 bits per heavy atom. The number of aromatic nitrogens is 1. The van der Waals surface area contributed by atoms with Crippen molar-refractivity contribution in [3.05, 3.63) is 52.5 Å². The van der Waals surface area contributed by atoms with Gasteiger partial charge in [-0.15, -0.1) is 0 Å². The summed E-state index contributed by atoms with van der Waals surface area (Å²) >= 11 is 0. The molecule has 0 saturated heterocycles. The number of hydrogen-bond acceptors (Lipinski definition) is 5. The van der Waals surface area contributed by atoms with Crippen molar-refractivity contribution in [2.75, 3.05) is 11.1 Å². The lowest BCUT2D eigenvalue weighted by molar-refractivity contribution is -0.239. The number of nitrogen functional groups attached to an aromatic ring is 1. The number of carbonyl (C=O) groups is 1. The number of amides is 1. The van der Waals surface area contributed by atoms with Crippen molar-refractivity contribution >= 4 is 17.6 Å². The highest BCUT2D eigenvalue weighted by Crippen LogP contribution is 2.48. The van der Waals surface area contributed by atoms with Crippen molar-refractivity contribution in [1.82, 2.24) is 4.98 Å². The van der Waals surface area contributed by atoms with Gasteiger partial charge in [0.15, 0.2) is 0 Å². The molecular formula is C21H14F4N4O2. The molecule has 1 saturated carbocycles. The van der Waals surface area contributed by atoms with Crippen molar-refractivity contribution in [2.45, 2.75) is 31.0 Å². The van der Waals surface area contributed by atoms with Gasteiger partial charge < -0.3 is 10.5 Å². The lowest BCUT2D eigenvalue weighted by Crippen LogP contribution is -2.49. The van der Waals surface area contributed by atoms with Crippen LogP contribution in [0.2, 0.25) is 0 Å². The molecule has 6 nitrogen and oxygen atoms in total. The van der Waals surface area contributed by atoms with Gasteiger partial charge in [0.1, 0.15) is 17.7 Å². The van der Waals surface area contributed by atoms with Crippen molar-refractivity contribution in [2.24, 2.45) is 5.92 Å². The van der Waals surface area contributed by atoms with Crippen molar-refractivity contribution in [3.8, 4) is 17.9 Å². The molecule has 1 fully saturated rings. The number of cyclic esters (lactones) is 1. The summed E-state index contributed by atoms with van der Waals surface area (Å²) in [6.45, 7) is 0. The average Bonchev–Trinajstić information content (AvgIpc) is 3.51. The summed E-state index contributed by atoms with van der Waals surface area (Å²) in [6, 6.07) is 5.08. The first kappa shape index (κ1) is 20.5. The third-order valence-electron chi connectivity index (χ3n) is 5.04. The topological polar surface area (TPSA) is 101 Å². The Bertz CT molecular complexity index is 1190. The van der Waals surface area contributed by atoms with Crippen LogP contribution in [-0.2, 0) is 16.8 Å². The largest absolute Gasteiger partial charge is 0.445 e. The molecule has 158 valence electrons. The first-order valence-corrected chi connectivity index (χ1v) is 9.20. The fourth-order valence-electron chi connectivity index (χ4n) is 3.28. The zero-order chi connectivity index (χ0) is 22.4. The molecule has 31 heavy (non-hydrogen) atoms. The van der Waals surface area contributed by atoms with Gasteiger partial charge in [-0.3, -0.25) is 5.32 Å². The number of alkyl halides is 3. The van der Waals surface area contributed by atoms with Crippen molar-refractivity contribution < 1.29 is 27.1 Å². The van der Waals surface area contributed by atoms with Crippen LogP contribution in [0.4, 0.5) is 33.9 Å². The monoisotopic (exact) mass is 430 g/mol. The lowest BCUT2D eigenvalue weighted by Gasteiger charge is -2.36. The summed E-state index contributed by atoms with van der Waals surface area (Å²) in [6.07, 6.45) is -3.95. The number of nitriles is 1. The minimum Gasteiger partial charge on any atom is -0.415 e. The molecule has 0 radical (unpaired) electrons. The van der Waals surface area contributed by atoms with Crippen LogP contribution < -0.4 is 11.1 Å². The third-order valence-corrected chi connectivity index (χ3v) is 5.04. The number of pyridine rings is 1. The van der Waals surface area contributed by atoms with E-state index in [9.17, 15) is 27.6 Å². The van der Waals surface area contributed by atoms with Gasteiger partial charge in [-0.2, -0.15) is 18.4 Å². The maximum Gasteiger partial charge on any atom is 0.445 e. The number of benzene rings is 1. The van der Waals surface area contributed by atoms with Gasteiger partial charge >= 0.3 is 12.3 Å². The second-order valence-corrected chi connectivity index (χ2v) is 7.25. The predicted octanol–water partition coefficient (Wildman–Crippen LogP) is 4.00. The number of ether oxygens (including phenoxy) is 1. The smallest absolute Gasteiger partial charge is 0.415 e. The lowest BCUT2D eigenvalue weighted by atomic mass is 9.88. The van der Waals surface area contributed by atoms with E-state index in [4.69, 9.17) is 5.73 Å². The van der Waals surface area contributed by atoms with Gasteiger partial charge in [-0.25, -0.2) is 14.2 Å². The van der Waals surface area contributed by atoms with Crippen LogP contribution in [0.3, 0.4) is 0 Å². The highest BCUT2D eigenvalue weighted by Gasteiger charge is 2.62. The first-order valence-electron chi connectivity index (χ1n) is 9.20. The Morgan fingerprint density at radius 3 is 2.71 bits per heavy atom. The van der Waals surface area contributed by atoms with E-state index in [0.29, 0.717) is 24.5 Å². The minimum absolute atomic E-state index is 0.0342. The van der Waals surface area contributed by atoms with Crippen LogP contribution in [0.1, 0.15) is 35.1 Å². The fraction of sp³-hybridized carbons (Fsp3) is 0.286. The Balaban J connectivity index is 1.83. The maximum atomic E-state index is 14.9. The van der Waals surface area contributed by atoms with E-state index in [-0.39, 0.29) is 35.0 Å². The number of nitrogens with zero attached hydrogens (tertiary/aromatic N) is 2. The normalized spacial score (nSPS) is 19.9. The highest BCUT2D eigenvalue weighted by atomic mass is 19.4. The molecule has 2 aromatic rings. The maximum absolute atomic E-state index is 14.9. The summed E-state index contributed by atoms with van der Waals surface area (Å²) in [5, 5.41) is 11.4. The molecule has 1 aromatic carbocycles. The second kappa shape index (κ2) is 7.17. The van der Waals surface area contributed by atoms with Crippen LogP contribution in [0.5, 0.6) is 0 Å². The Hall–Kier alpha value is -3.79. The van der Waals surface area contributed by atoms with Gasteiger partial charge in [0.25, 0.3) is 5.60 Å². The summed E-state index contributed by atoms with van der Waals surface area (Å²) in [4.78, 5) is 15.8. The van der Waals surface area contributed by atoms with Gasteiger partial charge in [0.05, 0.1) is 11.3 Å². The molecule has 0 spiro atoms. The third kappa shape index (κ3) is 3.61.